The van der Waals surface area contributed by atoms with Crippen LogP contribution in [0.2, 0.25) is 0 Å². The minimum atomic E-state index is -0.750. The third-order valence-corrected chi connectivity index (χ3v) is 4.04. The first kappa shape index (κ1) is 23.6. The van der Waals surface area contributed by atoms with Crippen LogP contribution in [0.15, 0.2) is 6.20 Å². The van der Waals surface area contributed by atoms with Crippen molar-refractivity contribution in [2.24, 2.45) is 5.92 Å². The van der Waals surface area contributed by atoms with Crippen LogP contribution in [0, 0.1) is 5.92 Å². The number of hydrogen-bond donors (Lipinski definition) is 1. The average Bonchev–Trinajstić information content (AvgIpc) is 2.68. The number of nitrogens with one attached hydrogen (secondary N) is 1. The van der Waals surface area contributed by atoms with Gasteiger partial charge in [0.05, 0.1) is 19.9 Å². The second kappa shape index (κ2) is 12.1. The number of ether oxygens (including phenoxy) is 3. The van der Waals surface area contributed by atoms with E-state index in [1.54, 1.807) is 7.11 Å². The Kier molecular flexibility index (Phi) is 10.2. The van der Waals surface area contributed by atoms with Gasteiger partial charge in [-0.25, -0.2) is 14.8 Å². The fraction of sp³-hybridized carbons (Fsp3) is 0.684. The molecule has 1 atom stereocenters. The van der Waals surface area contributed by atoms with E-state index in [9.17, 15) is 9.59 Å². The van der Waals surface area contributed by atoms with E-state index in [-0.39, 0.29) is 24.1 Å². The lowest BCUT2D eigenvalue weighted by atomic mass is 10.0. The molecule has 0 aliphatic carbocycles. The van der Waals surface area contributed by atoms with Crippen LogP contribution >= 0.6 is 0 Å². The van der Waals surface area contributed by atoms with Crippen LogP contribution in [0.5, 0.6) is 5.88 Å². The number of esters is 1. The number of methoxy groups -OCH3 is 2. The number of aromatic nitrogens is 2. The second-order valence-corrected chi connectivity index (χ2v) is 6.58. The maximum atomic E-state index is 12.6. The highest BCUT2D eigenvalue weighted by Gasteiger charge is 2.25. The van der Waals surface area contributed by atoms with Gasteiger partial charge in [-0.05, 0) is 26.2 Å². The van der Waals surface area contributed by atoms with Gasteiger partial charge in [-0.1, -0.05) is 13.8 Å². The Bertz CT molecular complexity index is 635. The van der Waals surface area contributed by atoms with Gasteiger partial charge in [0, 0.05) is 20.2 Å². The van der Waals surface area contributed by atoms with Gasteiger partial charge < -0.3 is 24.4 Å². The predicted octanol–water partition coefficient (Wildman–Crippen LogP) is 1.67. The van der Waals surface area contributed by atoms with Crippen LogP contribution in [-0.2, 0) is 14.3 Å². The number of carbonyl (C=O) groups is 2. The summed E-state index contributed by atoms with van der Waals surface area (Å²) < 4.78 is 15.5. The molecule has 1 rings (SSSR count). The molecule has 1 amide bonds. The minimum Gasteiger partial charge on any atom is -0.473 e. The molecule has 0 bridgehead atoms. The molecule has 0 radical (unpaired) electrons. The molecule has 0 spiro atoms. The SMILES string of the molecule is CCN(CC)c1ncc(C(=O)NC(CC(C)C)C(=O)OC)nc1OCCOC. The third kappa shape index (κ3) is 6.95. The quantitative estimate of drug-likeness (QED) is 0.420. The van der Waals surface area contributed by atoms with Crippen LogP contribution in [0.1, 0.15) is 44.6 Å². The van der Waals surface area contributed by atoms with E-state index < -0.39 is 17.9 Å². The molecule has 9 heteroatoms. The van der Waals surface area contributed by atoms with Gasteiger partial charge in [0.15, 0.2) is 11.5 Å². The zero-order valence-corrected chi connectivity index (χ0v) is 17.7. The first-order valence-corrected chi connectivity index (χ1v) is 9.50. The lowest BCUT2D eigenvalue weighted by Crippen LogP contribution is -2.42. The zero-order valence-electron chi connectivity index (χ0n) is 17.7. The van der Waals surface area contributed by atoms with Crippen molar-refractivity contribution in [1.29, 1.82) is 0 Å². The predicted molar refractivity (Wildman–Crippen MR) is 106 cm³/mol. The Morgan fingerprint density at radius 1 is 1.18 bits per heavy atom. The molecule has 0 aromatic carbocycles. The second-order valence-electron chi connectivity index (χ2n) is 6.58. The van der Waals surface area contributed by atoms with Gasteiger partial charge in [-0.3, -0.25) is 4.79 Å². The summed E-state index contributed by atoms with van der Waals surface area (Å²) in [7, 11) is 2.87. The lowest BCUT2D eigenvalue weighted by molar-refractivity contribution is -0.143. The van der Waals surface area contributed by atoms with Gasteiger partial charge in [-0.15, -0.1) is 0 Å². The molecule has 0 saturated carbocycles. The molecular weight excluding hydrogens is 364 g/mol. The van der Waals surface area contributed by atoms with Crippen LogP contribution < -0.4 is 15.0 Å². The molecule has 1 heterocycles. The van der Waals surface area contributed by atoms with Gasteiger partial charge in [0.25, 0.3) is 11.8 Å². The van der Waals surface area contributed by atoms with E-state index in [0.29, 0.717) is 18.8 Å². The van der Waals surface area contributed by atoms with Crippen molar-refractivity contribution in [3.05, 3.63) is 11.9 Å². The van der Waals surface area contributed by atoms with Crippen molar-refractivity contribution in [3.8, 4) is 5.88 Å². The van der Waals surface area contributed by atoms with Crippen LogP contribution in [0.3, 0.4) is 0 Å². The molecular formula is C19H32N4O5. The molecule has 158 valence electrons. The van der Waals surface area contributed by atoms with Gasteiger partial charge in [0.1, 0.15) is 12.6 Å². The summed E-state index contributed by atoms with van der Waals surface area (Å²) in [6, 6.07) is -0.750. The monoisotopic (exact) mass is 396 g/mol. The van der Waals surface area contributed by atoms with Gasteiger partial charge in [-0.2, -0.15) is 0 Å². The number of hydrogen-bond acceptors (Lipinski definition) is 8. The first-order chi connectivity index (χ1) is 13.4. The summed E-state index contributed by atoms with van der Waals surface area (Å²) >= 11 is 0. The molecule has 1 aromatic rings. The molecule has 0 fully saturated rings. The van der Waals surface area contributed by atoms with Crippen molar-refractivity contribution in [1.82, 2.24) is 15.3 Å². The van der Waals surface area contributed by atoms with Crippen molar-refractivity contribution in [2.45, 2.75) is 40.2 Å². The number of amides is 1. The highest BCUT2D eigenvalue weighted by atomic mass is 16.5. The fourth-order valence-corrected chi connectivity index (χ4v) is 2.59. The Morgan fingerprint density at radius 3 is 2.39 bits per heavy atom. The Labute approximate surface area is 166 Å². The third-order valence-electron chi connectivity index (χ3n) is 4.04. The first-order valence-electron chi connectivity index (χ1n) is 9.50. The molecule has 1 unspecified atom stereocenters. The number of rotatable bonds is 12. The number of carbonyl (C=O) groups excluding carboxylic acids is 2. The van der Waals surface area contributed by atoms with E-state index in [1.807, 2.05) is 32.6 Å². The minimum absolute atomic E-state index is 0.0704. The number of nitrogens with zero attached hydrogens (tertiary/aromatic N) is 3. The Balaban J connectivity index is 3.08. The summed E-state index contributed by atoms with van der Waals surface area (Å²) in [5.74, 6) is 0.0160. The molecule has 0 aliphatic rings. The summed E-state index contributed by atoms with van der Waals surface area (Å²) in [5.41, 5.74) is 0.0704. The number of anilines is 1. The molecule has 28 heavy (non-hydrogen) atoms. The van der Waals surface area contributed by atoms with Crippen molar-refractivity contribution >= 4 is 17.7 Å². The normalized spacial score (nSPS) is 11.8. The average molecular weight is 396 g/mol. The fourth-order valence-electron chi connectivity index (χ4n) is 2.59. The van der Waals surface area contributed by atoms with E-state index in [2.05, 4.69) is 15.3 Å². The van der Waals surface area contributed by atoms with Crippen LogP contribution in [0.25, 0.3) is 0 Å². The molecule has 1 N–H and O–H groups in total. The van der Waals surface area contributed by atoms with Gasteiger partial charge in [0.2, 0.25) is 0 Å². The van der Waals surface area contributed by atoms with Crippen molar-refractivity contribution in [3.63, 3.8) is 0 Å². The summed E-state index contributed by atoms with van der Waals surface area (Å²) in [4.78, 5) is 35.3. The van der Waals surface area contributed by atoms with Crippen molar-refractivity contribution in [2.75, 3.05) is 45.4 Å². The maximum Gasteiger partial charge on any atom is 0.328 e. The van der Waals surface area contributed by atoms with Crippen LogP contribution in [-0.4, -0.2) is 68.4 Å². The highest BCUT2D eigenvalue weighted by Crippen LogP contribution is 2.23. The standard InChI is InChI=1S/C19H32N4O5/c1-7-23(8-2)16-18(28-10-9-26-5)22-15(12-20-16)17(24)21-14(11-13(3)4)19(25)27-6/h12-14H,7-11H2,1-6H3,(H,21,24). The molecule has 1 aromatic heterocycles. The lowest BCUT2D eigenvalue weighted by Gasteiger charge is -2.22. The summed E-state index contributed by atoms with van der Waals surface area (Å²) in [6.07, 6.45) is 1.84. The van der Waals surface area contributed by atoms with E-state index in [0.717, 1.165) is 13.1 Å². The van der Waals surface area contributed by atoms with Gasteiger partial charge >= 0.3 is 5.97 Å². The zero-order chi connectivity index (χ0) is 21.1. The Morgan fingerprint density at radius 2 is 1.86 bits per heavy atom. The van der Waals surface area contributed by atoms with Crippen LogP contribution in [0.4, 0.5) is 5.82 Å². The summed E-state index contributed by atoms with van der Waals surface area (Å²) in [5, 5.41) is 2.68. The Hall–Kier alpha value is -2.42. The molecule has 0 aliphatic heterocycles. The van der Waals surface area contributed by atoms with E-state index in [4.69, 9.17) is 14.2 Å². The summed E-state index contributed by atoms with van der Waals surface area (Å²) in [6.45, 7) is 10.0. The topological polar surface area (TPSA) is 103 Å². The van der Waals surface area contributed by atoms with E-state index in [1.165, 1.54) is 13.3 Å². The van der Waals surface area contributed by atoms with Crippen molar-refractivity contribution < 1.29 is 23.8 Å². The highest BCUT2D eigenvalue weighted by molar-refractivity contribution is 5.95. The molecule has 0 saturated heterocycles. The maximum absolute atomic E-state index is 12.6. The van der Waals surface area contributed by atoms with E-state index >= 15 is 0 Å². The molecule has 9 nitrogen and oxygen atoms in total. The smallest absolute Gasteiger partial charge is 0.328 e. The largest absolute Gasteiger partial charge is 0.473 e.